The van der Waals surface area contributed by atoms with Crippen LogP contribution in [0, 0.1) is 11.8 Å². The van der Waals surface area contributed by atoms with Crippen LogP contribution < -0.4 is 0 Å². The standard InChI is InChI=1S/C12H22OS/c1-9(2)8-11-4-6-12(7-5-11)14-10(3)13/h9,11-12H,4-8H2,1-3H3. The molecule has 0 aromatic carbocycles. The van der Waals surface area contributed by atoms with E-state index in [1.165, 1.54) is 32.1 Å². The lowest BCUT2D eigenvalue weighted by molar-refractivity contribution is -0.109. The maximum Gasteiger partial charge on any atom is 0.186 e. The van der Waals surface area contributed by atoms with Crippen LogP contribution in [-0.2, 0) is 4.79 Å². The summed E-state index contributed by atoms with van der Waals surface area (Å²) < 4.78 is 0. The van der Waals surface area contributed by atoms with Crippen molar-refractivity contribution >= 4 is 16.9 Å². The lowest BCUT2D eigenvalue weighted by atomic mass is 9.83. The summed E-state index contributed by atoms with van der Waals surface area (Å²) in [6.07, 6.45) is 6.55. The smallest absolute Gasteiger partial charge is 0.186 e. The molecule has 0 radical (unpaired) electrons. The predicted octanol–water partition coefficient (Wildman–Crippen LogP) is 3.87. The number of carbonyl (C=O) groups is 1. The SMILES string of the molecule is CC(=O)SC1CCC(CC(C)C)CC1. The molecule has 0 amide bonds. The second-order valence-electron chi connectivity index (χ2n) is 4.88. The van der Waals surface area contributed by atoms with E-state index >= 15 is 0 Å². The summed E-state index contributed by atoms with van der Waals surface area (Å²) in [7, 11) is 0. The minimum Gasteiger partial charge on any atom is -0.288 e. The first-order valence-electron chi connectivity index (χ1n) is 5.75. The zero-order valence-electron chi connectivity index (χ0n) is 9.58. The fourth-order valence-electron chi connectivity index (χ4n) is 2.39. The van der Waals surface area contributed by atoms with Crippen molar-refractivity contribution in [2.24, 2.45) is 11.8 Å². The van der Waals surface area contributed by atoms with Crippen LogP contribution in [0.4, 0.5) is 0 Å². The first kappa shape index (κ1) is 12.1. The van der Waals surface area contributed by atoms with Crippen molar-refractivity contribution in [2.75, 3.05) is 0 Å². The van der Waals surface area contributed by atoms with E-state index in [9.17, 15) is 4.79 Å². The Labute approximate surface area is 92.0 Å². The van der Waals surface area contributed by atoms with E-state index < -0.39 is 0 Å². The second kappa shape index (κ2) is 5.79. The van der Waals surface area contributed by atoms with Crippen molar-refractivity contribution in [3.8, 4) is 0 Å². The molecule has 0 aliphatic heterocycles. The van der Waals surface area contributed by atoms with Gasteiger partial charge in [0.25, 0.3) is 0 Å². The topological polar surface area (TPSA) is 17.1 Å². The Kier molecular flexibility index (Phi) is 5.00. The van der Waals surface area contributed by atoms with Gasteiger partial charge in [0.05, 0.1) is 0 Å². The Morgan fingerprint density at radius 1 is 1.29 bits per heavy atom. The van der Waals surface area contributed by atoms with Crippen molar-refractivity contribution in [3.05, 3.63) is 0 Å². The number of rotatable bonds is 3. The van der Waals surface area contributed by atoms with Gasteiger partial charge in [0.1, 0.15) is 0 Å². The summed E-state index contributed by atoms with van der Waals surface area (Å²) in [5.41, 5.74) is 0. The molecule has 82 valence electrons. The van der Waals surface area contributed by atoms with Crippen LogP contribution in [0.3, 0.4) is 0 Å². The van der Waals surface area contributed by atoms with Gasteiger partial charge in [-0.3, -0.25) is 4.79 Å². The molecule has 1 nitrogen and oxygen atoms in total. The van der Waals surface area contributed by atoms with Crippen molar-refractivity contribution in [3.63, 3.8) is 0 Å². The number of hydrogen-bond acceptors (Lipinski definition) is 2. The fraction of sp³-hybridized carbons (Fsp3) is 0.917. The summed E-state index contributed by atoms with van der Waals surface area (Å²) >= 11 is 1.56. The van der Waals surface area contributed by atoms with Gasteiger partial charge >= 0.3 is 0 Å². The molecule has 1 aliphatic rings. The fourth-order valence-corrected chi connectivity index (χ4v) is 3.36. The zero-order valence-corrected chi connectivity index (χ0v) is 10.4. The van der Waals surface area contributed by atoms with Crippen molar-refractivity contribution in [2.45, 2.75) is 58.1 Å². The highest BCUT2D eigenvalue weighted by Crippen LogP contribution is 2.34. The van der Waals surface area contributed by atoms with Gasteiger partial charge in [0.2, 0.25) is 0 Å². The molecule has 14 heavy (non-hydrogen) atoms. The summed E-state index contributed by atoms with van der Waals surface area (Å²) in [6, 6.07) is 0. The summed E-state index contributed by atoms with van der Waals surface area (Å²) in [4.78, 5) is 10.9. The van der Waals surface area contributed by atoms with Gasteiger partial charge in [-0.15, -0.1) is 0 Å². The van der Waals surface area contributed by atoms with Gasteiger partial charge in [0, 0.05) is 12.2 Å². The third-order valence-electron chi connectivity index (χ3n) is 2.93. The minimum absolute atomic E-state index is 0.289. The molecule has 0 unspecified atom stereocenters. The molecule has 0 aromatic rings. The van der Waals surface area contributed by atoms with Crippen LogP contribution in [0.2, 0.25) is 0 Å². The quantitative estimate of drug-likeness (QED) is 0.709. The van der Waals surface area contributed by atoms with E-state index in [2.05, 4.69) is 13.8 Å². The molecular formula is C12H22OS. The summed E-state index contributed by atoms with van der Waals surface area (Å²) in [5, 5.41) is 0.910. The van der Waals surface area contributed by atoms with E-state index in [0.29, 0.717) is 5.25 Å². The molecular weight excluding hydrogens is 192 g/mol. The summed E-state index contributed by atoms with van der Waals surface area (Å²) in [6.45, 7) is 6.29. The van der Waals surface area contributed by atoms with Gasteiger partial charge in [-0.25, -0.2) is 0 Å². The largest absolute Gasteiger partial charge is 0.288 e. The molecule has 0 N–H and O–H groups in total. The molecule has 2 heteroatoms. The van der Waals surface area contributed by atoms with Crippen LogP contribution in [-0.4, -0.2) is 10.4 Å². The van der Waals surface area contributed by atoms with Gasteiger partial charge in [-0.2, -0.15) is 0 Å². The van der Waals surface area contributed by atoms with Gasteiger partial charge in [-0.05, 0) is 43.9 Å². The lowest BCUT2D eigenvalue weighted by Crippen LogP contribution is -2.18. The second-order valence-corrected chi connectivity index (χ2v) is 6.36. The van der Waals surface area contributed by atoms with Gasteiger partial charge < -0.3 is 0 Å². The van der Waals surface area contributed by atoms with E-state index in [-0.39, 0.29) is 5.12 Å². The average Bonchev–Trinajstić information content (AvgIpc) is 2.06. The summed E-state index contributed by atoms with van der Waals surface area (Å²) in [5.74, 6) is 1.76. The third kappa shape index (κ3) is 4.50. The maximum atomic E-state index is 10.9. The number of thioether (sulfide) groups is 1. The van der Waals surface area contributed by atoms with E-state index in [4.69, 9.17) is 0 Å². The van der Waals surface area contributed by atoms with E-state index in [1.807, 2.05) is 0 Å². The molecule has 0 saturated heterocycles. The van der Waals surface area contributed by atoms with Crippen LogP contribution in [0.25, 0.3) is 0 Å². The molecule has 0 spiro atoms. The first-order chi connectivity index (χ1) is 6.58. The van der Waals surface area contributed by atoms with Crippen LogP contribution >= 0.6 is 11.8 Å². The van der Waals surface area contributed by atoms with Crippen LogP contribution in [0.5, 0.6) is 0 Å². The van der Waals surface area contributed by atoms with E-state index in [1.54, 1.807) is 18.7 Å². The molecule has 0 bridgehead atoms. The Morgan fingerprint density at radius 2 is 1.86 bits per heavy atom. The molecule has 0 aromatic heterocycles. The van der Waals surface area contributed by atoms with E-state index in [0.717, 1.165) is 11.8 Å². The predicted molar refractivity (Wildman–Crippen MR) is 63.5 cm³/mol. The molecule has 1 saturated carbocycles. The molecule has 0 atom stereocenters. The minimum atomic E-state index is 0.289. The number of carbonyl (C=O) groups excluding carboxylic acids is 1. The normalized spacial score (nSPS) is 28.0. The highest BCUT2D eigenvalue weighted by atomic mass is 32.2. The Bertz CT molecular complexity index is 181. The van der Waals surface area contributed by atoms with Gasteiger partial charge in [0.15, 0.2) is 5.12 Å². The highest BCUT2D eigenvalue weighted by Gasteiger charge is 2.22. The monoisotopic (exact) mass is 214 g/mol. The van der Waals surface area contributed by atoms with Gasteiger partial charge in [-0.1, -0.05) is 25.6 Å². The molecule has 1 fully saturated rings. The zero-order chi connectivity index (χ0) is 10.6. The van der Waals surface area contributed by atoms with Crippen molar-refractivity contribution in [1.82, 2.24) is 0 Å². The molecule has 1 rings (SSSR count). The van der Waals surface area contributed by atoms with Crippen LogP contribution in [0.15, 0.2) is 0 Å². The average molecular weight is 214 g/mol. The van der Waals surface area contributed by atoms with Crippen molar-refractivity contribution in [1.29, 1.82) is 0 Å². The van der Waals surface area contributed by atoms with Crippen molar-refractivity contribution < 1.29 is 4.79 Å². The Hall–Kier alpha value is 0.0200. The molecule has 1 aliphatic carbocycles. The number of hydrogen-bond donors (Lipinski definition) is 0. The lowest BCUT2D eigenvalue weighted by Gasteiger charge is -2.28. The Balaban J connectivity index is 2.21. The molecule has 0 heterocycles. The highest BCUT2D eigenvalue weighted by molar-refractivity contribution is 8.14. The van der Waals surface area contributed by atoms with Crippen LogP contribution in [0.1, 0.15) is 52.9 Å². The third-order valence-corrected chi connectivity index (χ3v) is 4.07. The first-order valence-corrected chi connectivity index (χ1v) is 6.63. The maximum absolute atomic E-state index is 10.9. The Morgan fingerprint density at radius 3 is 2.29 bits per heavy atom.